The second-order valence-electron chi connectivity index (χ2n) is 10.2. The van der Waals surface area contributed by atoms with Gasteiger partial charge in [0, 0.05) is 43.0 Å². The molecule has 0 saturated carbocycles. The zero-order valence-electron chi connectivity index (χ0n) is 21.9. The molecule has 3 aromatic heterocycles. The largest absolute Gasteiger partial charge is 0.487 e. The van der Waals surface area contributed by atoms with Crippen molar-refractivity contribution in [1.82, 2.24) is 19.4 Å². The van der Waals surface area contributed by atoms with E-state index in [4.69, 9.17) is 9.72 Å². The maximum Gasteiger partial charge on any atom is 0.269 e. The van der Waals surface area contributed by atoms with Crippen molar-refractivity contribution in [1.29, 1.82) is 0 Å². The summed E-state index contributed by atoms with van der Waals surface area (Å²) in [6, 6.07) is 6.60. The second-order valence-corrected chi connectivity index (χ2v) is 11.0. The fourth-order valence-corrected chi connectivity index (χ4v) is 5.18. The molecule has 0 aliphatic carbocycles. The van der Waals surface area contributed by atoms with Crippen molar-refractivity contribution >= 4 is 15.9 Å². The molecule has 0 spiro atoms. The molecule has 0 bridgehead atoms. The van der Waals surface area contributed by atoms with E-state index in [9.17, 15) is 14.3 Å². The molecule has 1 aliphatic rings. The molecular formula is C28H32BrFN4O3. The number of rotatable bonds is 6. The highest BCUT2D eigenvalue weighted by Crippen LogP contribution is 2.39. The Morgan fingerprint density at radius 2 is 1.95 bits per heavy atom. The average molecular weight is 571 g/mol. The lowest BCUT2D eigenvalue weighted by atomic mass is 9.91. The molecule has 7 nitrogen and oxygen atoms in total. The average Bonchev–Trinajstić information content (AvgIpc) is 2.82. The molecule has 0 fully saturated rings. The van der Waals surface area contributed by atoms with Crippen LogP contribution in [0.2, 0.25) is 0 Å². The van der Waals surface area contributed by atoms with Crippen LogP contribution < -0.4 is 10.3 Å². The highest BCUT2D eigenvalue weighted by Gasteiger charge is 2.32. The molecule has 4 rings (SSSR count). The van der Waals surface area contributed by atoms with Gasteiger partial charge in [-0.3, -0.25) is 14.8 Å². The van der Waals surface area contributed by atoms with E-state index < -0.39 is 11.4 Å². The van der Waals surface area contributed by atoms with Crippen molar-refractivity contribution in [2.24, 2.45) is 0 Å². The van der Waals surface area contributed by atoms with Crippen LogP contribution in [0.15, 0.2) is 57.7 Å². The van der Waals surface area contributed by atoms with Crippen LogP contribution in [-0.2, 0) is 12.2 Å². The molecule has 1 aliphatic heterocycles. The van der Waals surface area contributed by atoms with Gasteiger partial charge in [-0.2, -0.15) is 0 Å². The summed E-state index contributed by atoms with van der Waals surface area (Å²) in [5.41, 5.74) is 3.29. The van der Waals surface area contributed by atoms with Crippen LogP contribution in [0.3, 0.4) is 0 Å². The lowest BCUT2D eigenvalue weighted by Crippen LogP contribution is -2.36. The predicted molar refractivity (Wildman–Crippen MR) is 144 cm³/mol. The maximum absolute atomic E-state index is 14.0. The molecule has 0 unspecified atom stereocenters. The minimum absolute atomic E-state index is 0.0428. The van der Waals surface area contributed by atoms with Crippen LogP contribution in [0.4, 0.5) is 4.39 Å². The molecule has 196 valence electrons. The summed E-state index contributed by atoms with van der Waals surface area (Å²) >= 11 is 3.42. The predicted octanol–water partition coefficient (Wildman–Crippen LogP) is 5.48. The fraction of sp³-hybridized carbons (Fsp3) is 0.393. The highest BCUT2D eigenvalue weighted by atomic mass is 79.9. The van der Waals surface area contributed by atoms with E-state index in [2.05, 4.69) is 25.8 Å². The first-order valence-corrected chi connectivity index (χ1v) is 12.9. The summed E-state index contributed by atoms with van der Waals surface area (Å²) in [5.74, 6) is -0.0598. The summed E-state index contributed by atoms with van der Waals surface area (Å²) < 4.78 is 21.9. The third-order valence-electron chi connectivity index (χ3n) is 6.83. The number of allylic oxidation sites excluding steroid dienone is 1. The van der Waals surface area contributed by atoms with Crippen molar-refractivity contribution in [3.8, 4) is 5.75 Å². The van der Waals surface area contributed by atoms with E-state index in [1.165, 1.54) is 18.5 Å². The van der Waals surface area contributed by atoms with Crippen LogP contribution >= 0.6 is 15.9 Å². The monoisotopic (exact) mass is 570 g/mol. The Bertz CT molecular complexity index is 1410. The number of aromatic nitrogens is 3. The normalized spacial score (nSPS) is 18.1. The summed E-state index contributed by atoms with van der Waals surface area (Å²) in [4.78, 5) is 24.5. The molecule has 0 radical (unpaired) electrons. The van der Waals surface area contributed by atoms with Crippen molar-refractivity contribution < 1.29 is 14.2 Å². The Kier molecular flexibility index (Phi) is 7.57. The van der Waals surface area contributed by atoms with Crippen LogP contribution in [0.1, 0.15) is 67.5 Å². The van der Waals surface area contributed by atoms with Gasteiger partial charge in [-0.15, -0.1) is 0 Å². The van der Waals surface area contributed by atoms with Crippen molar-refractivity contribution in [3.63, 3.8) is 0 Å². The van der Waals surface area contributed by atoms with E-state index in [0.29, 0.717) is 23.4 Å². The Balaban J connectivity index is 1.68. The van der Waals surface area contributed by atoms with Gasteiger partial charge in [0.2, 0.25) is 0 Å². The van der Waals surface area contributed by atoms with Crippen molar-refractivity contribution in [3.05, 3.63) is 97.3 Å². The number of aryl methyl sites for hydroxylation is 2. The number of hydrogen-bond acceptors (Lipinski definition) is 6. The summed E-state index contributed by atoms with van der Waals surface area (Å²) in [5, 5.41) is 10.5. The first-order chi connectivity index (χ1) is 17.4. The molecule has 37 heavy (non-hydrogen) atoms. The molecule has 0 amide bonds. The summed E-state index contributed by atoms with van der Waals surface area (Å²) in [6.07, 6.45) is 5.46. The van der Waals surface area contributed by atoms with Gasteiger partial charge in [0.25, 0.3) is 5.56 Å². The fourth-order valence-electron chi connectivity index (χ4n) is 4.76. The lowest BCUT2D eigenvalue weighted by molar-refractivity contribution is 0.0731. The first kappa shape index (κ1) is 27.0. The Morgan fingerprint density at radius 1 is 1.22 bits per heavy atom. The van der Waals surface area contributed by atoms with E-state index in [1.54, 1.807) is 24.5 Å². The molecule has 4 heterocycles. The molecule has 3 aromatic rings. The van der Waals surface area contributed by atoms with Gasteiger partial charge in [-0.25, -0.2) is 4.39 Å². The van der Waals surface area contributed by atoms with Gasteiger partial charge < -0.3 is 19.3 Å². The van der Waals surface area contributed by atoms with E-state index in [-0.39, 0.29) is 28.7 Å². The third kappa shape index (κ3) is 5.48. The van der Waals surface area contributed by atoms with Gasteiger partial charge in [-0.1, -0.05) is 6.07 Å². The number of aliphatic hydroxyl groups is 1. The first-order valence-electron chi connectivity index (χ1n) is 12.1. The number of pyridine rings is 3. The standard InChI is InChI=1S/C28H32BrFN4O3/c1-16-7-8-24(28(4,5)36)32-26(16)22-12-21(17(2)14-33(22)6)34-18(3)11-23(25(29)27(34)35)37-15-19-13-31-10-9-20(19)30/h7-11,13-14,21-22,36H,12,15H2,1-6H3/t21-,22-/m1/s1. The van der Waals surface area contributed by atoms with E-state index >= 15 is 0 Å². The van der Waals surface area contributed by atoms with Crippen LogP contribution in [0.25, 0.3) is 0 Å². The minimum atomic E-state index is -1.06. The van der Waals surface area contributed by atoms with Gasteiger partial charge in [-0.05, 0) is 80.2 Å². The smallest absolute Gasteiger partial charge is 0.269 e. The molecule has 0 aromatic carbocycles. The third-order valence-corrected chi connectivity index (χ3v) is 7.56. The lowest BCUT2D eigenvalue weighted by Gasteiger charge is -2.38. The molecule has 9 heteroatoms. The zero-order valence-corrected chi connectivity index (χ0v) is 23.5. The zero-order chi connectivity index (χ0) is 27.1. The van der Waals surface area contributed by atoms with Crippen LogP contribution in [0, 0.1) is 19.7 Å². The maximum atomic E-state index is 14.0. The van der Waals surface area contributed by atoms with Crippen molar-refractivity contribution in [2.75, 3.05) is 7.05 Å². The SMILES string of the molecule is CC1=CN(C)[C@@H](c2nc(C(C)(C)O)ccc2C)C[C@H]1n1c(C)cc(OCc2cnccc2F)c(Br)c1=O. The van der Waals surface area contributed by atoms with Crippen LogP contribution in [0.5, 0.6) is 5.75 Å². The Labute approximate surface area is 224 Å². The molecule has 1 N–H and O–H groups in total. The van der Waals surface area contributed by atoms with Gasteiger partial charge in [0.05, 0.1) is 23.5 Å². The Hall–Kier alpha value is -3.04. The highest BCUT2D eigenvalue weighted by molar-refractivity contribution is 9.10. The Morgan fingerprint density at radius 3 is 2.62 bits per heavy atom. The van der Waals surface area contributed by atoms with Crippen molar-refractivity contribution in [2.45, 2.75) is 65.3 Å². The molecule has 2 atom stereocenters. The number of halogens is 2. The van der Waals surface area contributed by atoms with Gasteiger partial charge in [0.15, 0.2) is 0 Å². The molecular weight excluding hydrogens is 539 g/mol. The van der Waals surface area contributed by atoms with Gasteiger partial charge >= 0.3 is 0 Å². The second kappa shape index (κ2) is 10.4. The topological polar surface area (TPSA) is 80.5 Å². The van der Waals surface area contributed by atoms with E-state index in [0.717, 1.165) is 22.5 Å². The van der Waals surface area contributed by atoms with Crippen LogP contribution in [-0.4, -0.2) is 31.6 Å². The van der Waals surface area contributed by atoms with Gasteiger partial charge in [0.1, 0.15) is 28.2 Å². The summed E-state index contributed by atoms with van der Waals surface area (Å²) in [6.45, 7) is 9.29. The summed E-state index contributed by atoms with van der Waals surface area (Å²) in [7, 11) is 2.00. The minimum Gasteiger partial charge on any atom is -0.487 e. The quantitative estimate of drug-likeness (QED) is 0.422. The molecule has 0 saturated heterocycles. The number of nitrogens with zero attached hydrogens (tertiary/aromatic N) is 4. The van der Waals surface area contributed by atoms with E-state index in [1.807, 2.05) is 46.2 Å². The number of ether oxygens (including phenoxy) is 1. The number of hydrogen-bond donors (Lipinski definition) is 1.